The average Bonchev–Trinajstić information content (AvgIpc) is 4.02. The molecule has 11 atom stereocenters. The molecule has 1 saturated carbocycles. The summed E-state index contributed by atoms with van der Waals surface area (Å²) in [7, 11) is 3.25. The van der Waals surface area contributed by atoms with Gasteiger partial charge in [-0.15, -0.1) is 0 Å². The highest BCUT2D eigenvalue weighted by atomic mass is 16.6. The van der Waals surface area contributed by atoms with Crippen LogP contribution in [0, 0.1) is 22.2 Å². The fraction of sp³-hybridized carbons (Fsp3) is 0.628. The van der Waals surface area contributed by atoms with Gasteiger partial charge in [-0.2, -0.15) is 0 Å². The third-order valence-corrected chi connectivity index (χ3v) is 17.6. The molecule has 11 heteroatoms. The van der Waals surface area contributed by atoms with E-state index in [1.54, 1.807) is 7.11 Å². The number of nitrogens with one attached hydrogen (secondary N) is 1. The molecule has 54 heavy (non-hydrogen) atoms. The van der Waals surface area contributed by atoms with Crippen molar-refractivity contribution in [2.24, 2.45) is 22.2 Å². The second-order valence-corrected chi connectivity index (χ2v) is 19.0. The Bertz CT molecular complexity index is 2140. The van der Waals surface area contributed by atoms with Crippen LogP contribution in [0.1, 0.15) is 62.5 Å². The van der Waals surface area contributed by atoms with E-state index in [4.69, 9.17) is 18.9 Å². The zero-order valence-electron chi connectivity index (χ0n) is 31.1. The number of para-hydroxylation sites is 2. The Morgan fingerprint density at radius 2 is 1.78 bits per heavy atom. The molecule has 0 bridgehead atoms. The van der Waals surface area contributed by atoms with Crippen molar-refractivity contribution >= 4 is 23.3 Å². The van der Waals surface area contributed by atoms with Crippen molar-refractivity contribution in [1.29, 1.82) is 0 Å². The molecule has 2 aromatic rings. The van der Waals surface area contributed by atoms with Crippen LogP contribution in [0.4, 0.5) is 11.4 Å². The summed E-state index contributed by atoms with van der Waals surface area (Å²) in [5.74, 6) is 0.318. The molecule has 9 heterocycles. The normalized spacial score (nSPS) is 46.8. The van der Waals surface area contributed by atoms with Crippen LogP contribution in [0.25, 0.3) is 0 Å². The van der Waals surface area contributed by atoms with E-state index < -0.39 is 11.1 Å². The van der Waals surface area contributed by atoms with E-state index in [-0.39, 0.29) is 63.8 Å². The van der Waals surface area contributed by atoms with Crippen molar-refractivity contribution in [3.05, 3.63) is 64.9 Å². The highest BCUT2D eigenvalue weighted by Crippen LogP contribution is 2.77. The van der Waals surface area contributed by atoms with E-state index in [0.29, 0.717) is 26.0 Å². The van der Waals surface area contributed by atoms with Gasteiger partial charge in [-0.05, 0) is 81.3 Å². The lowest BCUT2D eigenvalue weighted by atomic mass is 9.43. The van der Waals surface area contributed by atoms with E-state index in [1.807, 2.05) is 0 Å². The van der Waals surface area contributed by atoms with Gasteiger partial charge < -0.3 is 34.3 Å². The average molecular weight is 733 g/mol. The van der Waals surface area contributed by atoms with Gasteiger partial charge in [0.15, 0.2) is 5.72 Å². The monoisotopic (exact) mass is 732 g/mol. The van der Waals surface area contributed by atoms with Crippen LogP contribution in [0.15, 0.2) is 53.7 Å². The molecule has 8 fully saturated rings. The summed E-state index contributed by atoms with van der Waals surface area (Å²) >= 11 is 0. The third kappa shape index (κ3) is 3.06. The smallest absolute Gasteiger partial charge is 0.335 e. The number of carbonyl (C=O) groups excluding carboxylic acids is 2. The molecule has 0 radical (unpaired) electrons. The maximum Gasteiger partial charge on any atom is 0.335 e. The van der Waals surface area contributed by atoms with Crippen molar-refractivity contribution in [2.45, 2.75) is 92.2 Å². The highest BCUT2D eigenvalue weighted by Gasteiger charge is 2.84. The summed E-state index contributed by atoms with van der Waals surface area (Å²) in [6.45, 7) is 4.80. The Morgan fingerprint density at radius 3 is 2.65 bits per heavy atom. The molecular weight excluding hydrogens is 684 g/mol. The van der Waals surface area contributed by atoms with Crippen LogP contribution in [-0.2, 0) is 34.6 Å². The fourth-order valence-corrected chi connectivity index (χ4v) is 16.7. The number of anilines is 2. The summed E-state index contributed by atoms with van der Waals surface area (Å²) in [6.07, 6.45) is 5.69. The highest BCUT2D eigenvalue weighted by molar-refractivity contribution is 5.93. The first-order valence-electron chi connectivity index (χ1n) is 20.4. The summed E-state index contributed by atoms with van der Waals surface area (Å²) in [5, 5.41) is 17.8. The van der Waals surface area contributed by atoms with E-state index in [9.17, 15) is 14.7 Å². The molecule has 0 amide bonds. The number of carbonyl (C=O) groups is 2. The summed E-state index contributed by atoms with van der Waals surface area (Å²) in [6, 6.07) is 15.2. The number of ether oxygens (including phenoxy) is 4. The number of benzene rings is 2. The Morgan fingerprint density at radius 1 is 0.926 bits per heavy atom. The zero-order chi connectivity index (χ0) is 36.2. The van der Waals surface area contributed by atoms with Gasteiger partial charge in [-0.1, -0.05) is 30.3 Å². The number of aliphatic hydroxyl groups is 1. The number of methoxy groups -OCH3 is 2. The van der Waals surface area contributed by atoms with Crippen LogP contribution in [0.3, 0.4) is 0 Å². The Balaban J connectivity index is 1.03. The molecular formula is C43H48N4O7. The minimum absolute atomic E-state index is 0.00376. The maximum absolute atomic E-state index is 14.0. The van der Waals surface area contributed by atoms with E-state index in [0.717, 1.165) is 93.1 Å². The van der Waals surface area contributed by atoms with Gasteiger partial charge in [0.2, 0.25) is 0 Å². The quantitative estimate of drug-likeness (QED) is 0.442. The Kier molecular flexibility index (Phi) is 5.64. The number of fused-ring (bicyclic) bond motifs is 4. The Hall–Kier alpha value is -3.64. The molecule has 11 aliphatic rings. The predicted octanol–water partition coefficient (Wildman–Crippen LogP) is 3.69. The Labute approximate surface area is 314 Å². The minimum Gasteiger partial charge on any atom is -0.495 e. The third-order valence-electron chi connectivity index (χ3n) is 17.6. The number of piperidine rings is 3. The van der Waals surface area contributed by atoms with Gasteiger partial charge in [0.25, 0.3) is 0 Å². The van der Waals surface area contributed by atoms with Crippen molar-refractivity contribution in [2.75, 3.05) is 63.8 Å². The van der Waals surface area contributed by atoms with Gasteiger partial charge in [0.1, 0.15) is 11.9 Å². The molecule has 0 unspecified atom stereocenters. The largest absolute Gasteiger partial charge is 0.495 e. The molecule has 2 N–H and O–H groups in total. The molecule has 2 aliphatic carbocycles. The van der Waals surface area contributed by atoms with Gasteiger partial charge >= 0.3 is 11.9 Å². The lowest BCUT2D eigenvalue weighted by Crippen LogP contribution is -2.81. The van der Waals surface area contributed by atoms with E-state index in [2.05, 4.69) is 62.5 Å². The van der Waals surface area contributed by atoms with Gasteiger partial charge in [0, 0.05) is 71.9 Å². The molecule has 7 saturated heterocycles. The van der Waals surface area contributed by atoms with Crippen LogP contribution in [0.2, 0.25) is 0 Å². The van der Waals surface area contributed by atoms with Crippen molar-refractivity contribution < 1.29 is 33.6 Å². The number of esters is 2. The number of hydrogen-bond donors (Lipinski definition) is 2. The number of hydrogen-bond acceptors (Lipinski definition) is 11. The standard InChI is InChI=1S/C43H48N4O7/c1-51-29-9-5-7-27-32(29)47-23-38(18-24-19-40-21-31(48)54-30(40)10-14-45-16-12-42(27,36(40)45)43(24,47)50)22-46-15-11-41-26-6-3-4-8-28(26)44-33(41)25(34(49)52-2)20-39(35(41)46)13-17-53-37(38)39/h3-9,24,30,35-37,44,50H,10-23H2,1-2H3/t24-,30+,35+,36+,37+,38+,39+,40+,41+,42-,43-/m1/s1. The van der Waals surface area contributed by atoms with E-state index >= 15 is 0 Å². The zero-order valence-corrected chi connectivity index (χ0v) is 31.1. The first-order valence-corrected chi connectivity index (χ1v) is 20.4. The second-order valence-electron chi connectivity index (χ2n) is 19.0. The first-order chi connectivity index (χ1) is 26.2. The molecule has 5 spiro atoms. The van der Waals surface area contributed by atoms with Gasteiger partial charge in [-0.25, -0.2) is 4.79 Å². The molecule has 9 aliphatic heterocycles. The van der Waals surface area contributed by atoms with Crippen molar-refractivity contribution in [3.8, 4) is 5.75 Å². The topological polar surface area (TPSA) is 113 Å². The SMILES string of the molecule is COC(=O)C1=C2Nc3ccccc3[C@@]23CCN2C[C@]4(C[C@@H]5C[C@]67CC(=O)O[C@H]6CCN6CC[C@@]8(c9cccc(OC)c9N(C4)[C@@]58O)[C@@H]67)[C@@H]4OCC[C@]4(C1)[C@H]23. The van der Waals surface area contributed by atoms with Crippen LogP contribution in [-0.4, -0.2) is 110 Å². The summed E-state index contributed by atoms with van der Waals surface area (Å²) in [5.41, 5.74) is 3.18. The number of rotatable bonds is 2. The van der Waals surface area contributed by atoms with Gasteiger partial charge in [-0.3, -0.25) is 14.6 Å². The summed E-state index contributed by atoms with van der Waals surface area (Å²) < 4.78 is 25.3. The second kappa shape index (κ2) is 9.65. The number of nitrogens with zero attached hydrogens (tertiary/aromatic N) is 3. The molecule has 11 nitrogen and oxygen atoms in total. The first kappa shape index (κ1) is 31.6. The molecule has 282 valence electrons. The van der Waals surface area contributed by atoms with Gasteiger partial charge in [0.05, 0.1) is 48.8 Å². The minimum atomic E-state index is -1.16. The van der Waals surface area contributed by atoms with E-state index in [1.165, 1.54) is 18.2 Å². The molecule has 13 rings (SSSR count). The van der Waals surface area contributed by atoms with Crippen LogP contribution in [0.5, 0.6) is 5.75 Å². The molecule has 2 aromatic carbocycles. The van der Waals surface area contributed by atoms with Crippen LogP contribution >= 0.6 is 0 Å². The predicted molar refractivity (Wildman–Crippen MR) is 196 cm³/mol. The van der Waals surface area contributed by atoms with Crippen LogP contribution < -0.4 is 15.0 Å². The van der Waals surface area contributed by atoms with Crippen molar-refractivity contribution in [1.82, 2.24) is 9.80 Å². The lowest BCUT2D eigenvalue weighted by molar-refractivity contribution is -0.232. The fourth-order valence-electron chi connectivity index (χ4n) is 16.7. The maximum atomic E-state index is 14.0. The summed E-state index contributed by atoms with van der Waals surface area (Å²) in [4.78, 5) is 35.2. The van der Waals surface area contributed by atoms with Crippen molar-refractivity contribution in [3.63, 3.8) is 0 Å². The lowest BCUT2D eigenvalue weighted by Gasteiger charge is -2.70. The molecule has 0 aromatic heterocycles.